The van der Waals surface area contributed by atoms with Gasteiger partial charge in [0, 0.05) is 6.20 Å². The number of rotatable bonds is 3. The third-order valence-electron chi connectivity index (χ3n) is 4.52. The Bertz CT molecular complexity index is 448. The van der Waals surface area contributed by atoms with Crippen LogP contribution in [0, 0.1) is 11.8 Å². The summed E-state index contributed by atoms with van der Waals surface area (Å²) in [6.07, 6.45) is 5.50. The monoisotopic (exact) mass is 259 g/mol. The van der Waals surface area contributed by atoms with Crippen LogP contribution in [0.25, 0.3) is 0 Å². The summed E-state index contributed by atoms with van der Waals surface area (Å²) >= 11 is 0. The summed E-state index contributed by atoms with van der Waals surface area (Å²) in [7, 11) is 0. The molecule has 19 heavy (non-hydrogen) atoms. The third kappa shape index (κ3) is 2.50. The molecule has 2 N–H and O–H groups in total. The van der Waals surface area contributed by atoms with Gasteiger partial charge < -0.3 is 10.6 Å². The predicted octanol–water partition coefficient (Wildman–Crippen LogP) is 1.65. The lowest BCUT2D eigenvalue weighted by Crippen LogP contribution is -2.44. The van der Waals surface area contributed by atoms with Crippen LogP contribution in [0.1, 0.15) is 37.9 Å². The van der Waals surface area contributed by atoms with Crippen LogP contribution in [0.3, 0.4) is 0 Å². The van der Waals surface area contributed by atoms with Crippen molar-refractivity contribution in [2.24, 2.45) is 11.8 Å². The Morgan fingerprint density at radius 1 is 1.47 bits per heavy atom. The molecule has 4 unspecified atom stereocenters. The smallest absolute Gasteiger partial charge is 0.237 e. The van der Waals surface area contributed by atoms with Gasteiger partial charge in [-0.3, -0.25) is 9.78 Å². The molecule has 1 saturated carbocycles. The van der Waals surface area contributed by atoms with Crippen molar-refractivity contribution in [1.29, 1.82) is 0 Å². The highest BCUT2D eigenvalue weighted by Gasteiger charge is 2.42. The first kappa shape index (κ1) is 12.6. The van der Waals surface area contributed by atoms with Crippen molar-refractivity contribution >= 4 is 5.91 Å². The first-order chi connectivity index (χ1) is 9.25. The van der Waals surface area contributed by atoms with Crippen LogP contribution >= 0.6 is 0 Å². The van der Waals surface area contributed by atoms with E-state index in [2.05, 4.69) is 15.6 Å². The Balaban J connectivity index is 1.62. The number of carbonyl (C=O) groups is 1. The van der Waals surface area contributed by atoms with E-state index in [1.807, 2.05) is 25.1 Å². The molecule has 1 aromatic heterocycles. The molecule has 2 aliphatic rings. The first-order valence-corrected chi connectivity index (χ1v) is 7.20. The lowest BCUT2D eigenvalue weighted by molar-refractivity contribution is -0.124. The van der Waals surface area contributed by atoms with Gasteiger partial charge in [0.2, 0.25) is 5.91 Å². The molecule has 0 radical (unpaired) electrons. The quantitative estimate of drug-likeness (QED) is 0.868. The van der Waals surface area contributed by atoms with Crippen molar-refractivity contribution in [2.75, 3.05) is 6.54 Å². The molecule has 0 aromatic carbocycles. The minimum absolute atomic E-state index is 0.00124. The number of nitrogens with zero attached hydrogens (tertiary/aromatic N) is 1. The second-order valence-corrected chi connectivity index (χ2v) is 5.73. The van der Waals surface area contributed by atoms with Gasteiger partial charge >= 0.3 is 0 Å². The fourth-order valence-corrected chi connectivity index (χ4v) is 3.48. The number of amides is 1. The van der Waals surface area contributed by atoms with Gasteiger partial charge in [-0.1, -0.05) is 12.5 Å². The molecule has 4 nitrogen and oxygen atoms in total. The van der Waals surface area contributed by atoms with Gasteiger partial charge in [0.25, 0.3) is 0 Å². The van der Waals surface area contributed by atoms with Gasteiger partial charge in [0.15, 0.2) is 0 Å². The van der Waals surface area contributed by atoms with Crippen molar-refractivity contribution in [1.82, 2.24) is 15.6 Å². The Morgan fingerprint density at radius 3 is 3.16 bits per heavy atom. The van der Waals surface area contributed by atoms with Gasteiger partial charge in [-0.05, 0) is 50.3 Å². The molecule has 1 amide bonds. The molecule has 2 heterocycles. The standard InChI is InChI=1S/C15H21N3O/c1-10(13-7-2-3-8-16-13)18-15(19)14-12-6-4-5-11(12)9-17-14/h2-3,7-8,10-12,14,17H,4-6,9H2,1H3,(H,18,19). The maximum absolute atomic E-state index is 12.4. The number of aromatic nitrogens is 1. The SMILES string of the molecule is CC(NC(=O)C1NCC2CCCC21)c1ccccn1. The van der Waals surface area contributed by atoms with E-state index in [-0.39, 0.29) is 18.0 Å². The van der Waals surface area contributed by atoms with Crippen LogP contribution in [0.5, 0.6) is 0 Å². The summed E-state index contributed by atoms with van der Waals surface area (Å²) in [6.45, 7) is 2.99. The number of hydrogen-bond donors (Lipinski definition) is 2. The summed E-state index contributed by atoms with van der Waals surface area (Å²) in [6, 6.07) is 5.76. The lowest BCUT2D eigenvalue weighted by atomic mass is 9.93. The van der Waals surface area contributed by atoms with E-state index in [1.165, 1.54) is 19.3 Å². The molecule has 0 bridgehead atoms. The fraction of sp³-hybridized carbons (Fsp3) is 0.600. The molecular formula is C15H21N3O. The van der Waals surface area contributed by atoms with E-state index in [0.717, 1.165) is 12.2 Å². The molecule has 1 aromatic rings. The Kier molecular flexibility index (Phi) is 3.51. The van der Waals surface area contributed by atoms with Crippen LogP contribution in [0.15, 0.2) is 24.4 Å². The maximum Gasteiger partial charge on any atom is 0.237 e. The van der Waals surface area contributed by atoms with E-state index in [9.17, 15) is 4.79 Å². The van der Waals surface area contributed by atoms with E-state index in [0.29, 0.717) is 11.8 Å². The summed E-state index contributed by atoms with van der Waals surface area (Å²) in [5, 5.41) is 6.47. The Labute approximate surface area is 114 Å². The number of nitrogens with one attached hydrogen (secondary N) is 2. The molecule has 1 aliphatic carbocycles. The first-order valence-electron chi connectivity index (χ1n) is 7.20. The summed E-state index contributed by atoms with van der Waals surface area (Å²) in [4.78, 5) is 16.7. The molecule has 3 rings (SSSR count). The average Bonchev–Trinajstić information content (AvgIpc) is 3.01. The zero-order valence-electron chi connectivity index (χ0n) is 11.3. The van der Waals surface area contributed by atoms with Crippen LogP contribution in [-0.2, 0) is 4.79 Å². The number of fused-ring (bicyclic) bond motifs is 1. The molecule has 1 saturated heterocycles. The summed E-state index contributed by atoms with van der Waals surface area (Å²) in [5.74, 6) is 1.38. The van der Waals surface area contributed by atoms with E-state index in [4.69, 9.17) is 0 Å². The fourth-order valence-electron chi connectivity index (χ4n) is 3.48. The average molecular weight is 259 g/mol. The van der Waals surface area contributed by atoms with E-state index in [1.54, 1.807) is 6.20 Å². The maximum atomic E-state index is 12.4. The largest absolute Gasteiger partial charge is 0.347 e. The molecule has 0 spiro atoms. The minimum atomic E-state index is -0.0315. The zero-order valence-corrected chi connectivity index (χ0v) is 11.3. The molecular weight excluding hydrogens is 238 g/mol. The second kappa shape index (κ2) is 5.29. The van der Waals surface area contributed by atoms with Crippen molar-refractivity contribution in [3.05, 3.63) is 30.1 Å². The van der Waals surface area contributed by atoms with Gasteiger partial charge in [0.05, 0.1) is 17.8 Å². The van der Waals surface area contributed by atoms with Gasteiger partial charge in [0.1, 0.15) is 0 Å². The molecule has 1 aliphatic heterocycles. The van der Waals surface area contributed by atoms with Crippen LogP contribution < -0.4 is 10.6 Å². The molecule has 2 fully saturated rings. The lowest BCUT2D eigenvalue weighted by Gasteiger charge is -2.20. The zero-order chi connectivity index (χ0) is 13.2. The minimum Gasteiger partial charge on any atom is -0.347 e. The van der Waals surface area contributed by atoms with Crippen molar-refractivity contribution in [2.45, 2.75) is 38.3 Å². The van der Waals surface area contributed by atoms with Crippen LogP contribution in [0.2, 0.25) is 0 Å². The van der Waals surface area contributed by atoms with Crippen LogP contribution in [-0.4, -0.2) is 23.5 Å². The second-order valence-electron chi connectivity index (χ2n) is 5.73. The van der Waals surface area contributed by atoms with Gasteiger partial charge in [-0.2, -0.15) is 0 Å². The van der Waals surface area contributed by atoms with Gasteiger partial charge in [-0.25, -0.2) is 0 Å². The van der Waals surface area contributed by atoms with Crippen molar-refractivity contribution in [3.8, 4) is 0 Å². The molecule has 4 heteroatoms. The highest BCUT2D eigenvalue weighted by Crippen LogP contribution is 2.37. The van der Waals surface area contributed by atoms with E-state index < -0.39 is 0 Å². The highest BCUT2D eigenvalue weighted by atomic mass is 16.2. The predicted molar refractivity (Wildman–Crippen MR) is 73.4 cm³/mol. The molecule has 4 atom stereocenters. The van der Waals surface area contributed by atoms with Crippen LogP contribution in [0.4, 0.5) is 0 Å². The Morgan fingerprint density at radius 2 is 2.37 bits per heavy atom. The number of hydrogen-bond acceptors (Lipinski definition) is 3. The highest BCUT2D eigenvalue weighted by molar-refractivity contribution is 5.83. The van der Waals surface area contributed by atoms with Crippen molar-refractivity contribution < 1.29 is 4.79 Å². The molecule has 102 valence electrons. The number of carbonyl (C=O) groups excluding carboxylic acids is 1. The summed E-state index contributed by atoms with van der Waals surface area (Å²) < 4.78 is 0. The topological polar surface area (TPSA) is 54.0 Å². The van der Waals surface area contributed by atoms with Gasteiger partial charge in [-0.15, -0.1) is 0 Å². The number of pyridine rings is 1. The third-order valence-corrected chi connectivity index (χ3v) is 4.52. The normalized spacial score (nSPS) is 30.9. The van der Waals surface area contributed by atoms with E-state index >= 15 is 0 Å². The summed E-state index contributed by atoms with van der Waals surface area (Å²) in [5.41, 5.74) is 0.914. The van der Waals surface area contributed by atoms with Crippen molar-refractivity contribution in [3.63, 3.8) is 0 Å². The Hall–Kier alpha value is -1.42.